The zero-order valence-corrected chi connectivity index (χ0v) is 11.4. The number of halogens is 1. The highest BCUT2D eigenvalue weighted by atomic mass is 19.1. The molecule has 0 saturated carbocycles. The molecule has 0 N–H and O–H groups in total. The van der Waals surface area contributed by atoms with Crippen molar-refractivity contribution in [1.29, 1.82) is 0 Å². The molecule has 1 amide bonds. The van der Waals surface area contributed by atoms with Crippen LogP contribution in [0.1, 0.15) is 37.6 Å². The van der Waals surface area contributed by atoms with Crippen molar-refractivity contribution in [2.24, 2.45) is 0 Å². The van der Waals surface area contributed by atoms with E-state index in [4.69, 9.17) is 4.74 Å². The molecule has 0 saturated heterocycles. The molecule has 0 fully saturated rings. The van der Waals surface area contributed by atoms with Crippen LogP contribution in [0, 0.1) is 5.82 Å². The Bertz CT molecular complexity index is 418. The summed E-state index contributed by atoms with van der Waals surface area (Å²) in [5.41, 5.74) is 0.0953. The molecule has 0 aliphatic carbocycles. The molecule has 0 bridgehead atoms. The Balaban J connectivity index is 3.01. The average Bonchev–Trinajstić information content (AvgIpc) is 2.34. The van der Waals surface area contributed by atoms with Crippen molar-refractivity contribution in [2.45, 2.75) is 33.2 Å². The fourth-order valence-electron chi connectivity index (χ4n) is 1.79. The van der Waals surface area contributed by atoms with Crippen molar-refractivity contribution >= 4 is 5.91 Å². The van der Waals surface area contributed by atoms with Crippen molar-refractivity contribution in [3.05, 3.63) is 29.6 Å². The van der Waals surface area contributed by atoms with Crippen molar-refractivity contribution in [1.82, 2.24) is 4.90 Å². The predicted molar refractivity (Wildman–Crippen MR) is 69.4 cm³/mol. The van der Waals surface area contributed by atoms with Crippen LogP contribution >= 0.6 is 0 Å². The smallest absolute Gasteiger partial charge is 0.257 e. The van der Waals surface area contributed by atoms with E-state index in [1.807, 2.05) is 20.8 Å². The first-order valence-corrected chi connectivity index (χ1v) is 6.15. The molecule has 0 aliphatic rings. The van der Waals surface area contributed by atoms with Gasteiger partial charge in [-0.25, -0.2) is 4.39 Å². The molecule has 0 unspecified atom stereocenters. The summed E-state index contributed by atoms with van der Waals surface area (Å²) in [5, 5.41) is 0. The fourth-order valence-corrected chi connectivity index (χ4v) is 1.79. The van der Waals surface area contributed by atoms with Gasteiger partial charge in [0, 0.05) is 18.7 Å². The van der Waals surface area contributed by atoms with Crippen LogP contribution in [0.25, 0.3) is 0 Å². The van der Waals surface area contributed by atoms with E-state index in [9.17, 15) is 9.18 Å². The molecule has 1 rings (SSSR count). The number of nitrogens with zero attached hydrogens (tertiary/aromatic N) is 1. The standard InChI is InChI=1S/C14H20FNO2/c1-5-8-16(10(2)3)14(17)12-7-6-11(18-4)9-13(12)15/h6-7,9-10H,5,8H2,1-4H3. The van der Waals surface area contributed by atoms with Gasteiger partial charge in [-0.3, -0.25) is 4.79 Å². The summed E-state index contributed by atoms with van der Waals surface area (Å²) in [6, 6.07) is 4.36. The van der Waals surface area contributed by atoms with Gasteiger partial charge in [-0.15, -0.1) is 0 Å². The van der Waals surface area contributed by atoms with Crippen LogP contribution < -0.4 is 4.74 Å². The van der Waals surface area contributed by atoms with E-state index < -0.39 is 5.82 Å². The molecule has 1 aromatic rings. The van der Waals surface area contributed by atoms with Gasteiger partial charge in [0.25, 0.3) is 5.91 Å². The van der Waals surface area contributed by atoms with Gasteiger partial charge in [0.05, 0.1) is 12.7 Å². The van der Waals surface area contributed by atoms with Crippen LogP contribution in [0.4, 0.5) is 4.39 Å². The Labute approximate surface area is 108 Å². The highest BCUT2D eigenvalue weighted by Crippen LogP contribution is 2.18. The minimum absolute atomic E-state index is 0.0546. The minimum Gasteiger partial charge on any atom is -0.497 e. The second kappa shape index (κ2) is 6.38. The Kier molecular flexibility index (Phi) is 5.13. The van der Waals surface area contributed by atoms with Gasteiger partial charge in [0.1, 0.15) is 11.6 Å². The van der Waals surface area contributed by atoms with Gasteiger partial charge in [-0.2, -0.15) is 0 Å². The maximum atomic E-state index is 13.8. The van der Waals surface area contributed by atoms with Crippen LogP contribution in [-0.4, -0.2) is 30.5 Å². The van der Waals surface area contributed by atoms with Gasteiger partial charge in [0.2, 0.25) is 0 Å². The highest BCUT2D eigenvalue weighted by molar-refractivity contribution is 5.94. The van der Waals surface area contributed by atoms with Crippen LogP contribution in [0.15, 0.2) is 18.2 Å². The van der Waals surface area contributed by atoms with E-state index in [1.54, 1.807) is 11.0 Å². The molecule has 0 radical (unpaired) electrons. The number of carbonyl (C=O) groups is 1. The summed E-state index contributed by atoms with van der Waals surface area (Å²) in [6.07, 6.45) is 0.849. The molecule has 0 spiro atoms. The van der Waals surface area contributed by atoms with Gasteiger partial charge < -0.3 is 9.64 Å². The molecule has 4 heteroatoms. The van der Waals surface area contributed by atoms with E-state index in [0.29, 0.717) is 12.3 Å². The molecule has 3 nitrogen and oxygen atoms in total. The van der Waals surface area contributed by atoms with E-state index in [2.05, 4.69) is 0 Å². The molecular formula is C14H20FNO2. The number of carbonyl (C=O) groups excluding carboxylic acids is 1. The molecular weight excluding hydrogens is 233 g/mol. The topological polar surface area (TPSA) is 29.5 Å². The first-order valence-electron chi connectivity index (χ1n) is 6.15. The van der Waals surface area contributed by atoms with E-state index >= 15 is 0 Å². The Hall–Kier alpha value is -1.58. The maximum Gasteiger partial charge on any atom is 0.257 e. The molecule has 18 heavy (non-hydrogen) atoms. The van der Waals surface area contributed by atoms with Crippen molar-refractivity contribution < 1.29 is 13.9 Å². The lowest BCUT2D eigenvalue weighted by Crippen LogP contribution is -2.37. The first-order chi connectivity index (χ1) is 8.51. The fraction of sp³-hybridized carbons (Fsp3) is 0.500. The summed E-state index contributed by atoms with van der Waals surface area (Å²) in [5.74, 6) is -0.399. The molecule has 1 aromatic carbocycles. The third kappa shape index (κ3) is 3.22. The Morgan fingerprint density at radius 2 is 2.11 bits per heavy atom. The van der Waals surface area contributed by atoms with E-state index in [-0.39, 0.29) is 17.5 Å². The highest BCUT2D eigenvalue weighted by Gasteiger charge is 2.21. The van der Waals surface area contributed by atoms with Gasteiger partial charge in [0.15, 0.2) is 0 Å². The van der Waals surface area contributed by atoms with Crippen molar-refractivity contribution in [2.75, 3.05) is 13.7 Å². The summed E-state index contributed by atoms with van der Waals surface area (Å²) >= 11 is 0. The number of rotatable bonds is 5. The second-order valence-electron chi connectivity index (χ2n) is 4.44. The monoisotopic (exact) mass is 253 g/mol. The Morgan fingerprint density at radius 3 is 2.56 bits per heavy atom. The number of hydrogen-bond acceptors (Lipinski definition) is 2. The molecule has 0 aromatic heterocycles. The Morgan fingerprint density at radius 1 is 1.44 bits per heavy atom. The van der Waals surface area contributed by atoms with E-state index in [0.717, 1.165) is 6.42 Å². The lowest BCUT2D eigenvalue weighted by atomic mass is 10.1. The zero-order valence-electron chi connectivity index (χ0n) is 11.4. The second-order valence-corrected chi connectivity index (χ2v) is 4.44. The zero-order chi connectivity index (χ0) is 13.7. The maximum absolute atomic E-state index is 13.8. The number of hydrogen-bond donors (Lipinski definition) is 0. The average molecular weight is 253 g/mol. The molecule has 0 heterocycles. The molecule has 100 valence electrons. The lowest BCUT2D eigenvalue weighted by Gasteiger charge is -2.26. The SMILES string of the molecule is CCCN(C(=O)c1ccc(OC)cc1F)C(C)C. The van der Waals surface area contributed by atoms with Gasteiger partial charge in [-0.05, 0) is 32.4 Å². The number of ether oxygens (including phenoxy) is 1. The summed E-state index contributed by atoms with van der Waals surface area (Å²) in [4.78, 5) is 13.9. The quantitative estimate of drug-likeness (QED) is 0.807. The van der Waals surface area contributed by atoms with Gasteiger partial charge in [-0.1, -0.05) is 6.92 Å². The summed E-state index contributed by atoms with van der Waals surface area (Å²) < 4.78 is 18.7. The normalized spacial score (nSPS) is 10.6. The number of benzene rings is 1. The van der Waals surface area contributed by atoms with Crippen molar-refractivity contribution in [3.63, 3.8) is 0 Å². The molecule has 0 atom stereocenters. The van der Waals surface area contributed by atoms with Crippen LogP contribution in [0.5, 0.6) is 5.75 Å². The van der Waals surface area contributed by atoms with E-state index in [1.165, 1.54) is 19.2 Å². The number of amides is 1. The third-order valence-electron chi connectivity index (χ3n) is 2.76. The summed E-state index contributed by atoms with van der Waals surface area (Å²) in [7, 11) is 1.47. The van der Waals surface area contributed by atoms with Crippen LogP contribution in [-0.2, 0) is 0 Å². The van der Waals surface area contributed by atoms with Crippen LogP contribution in [0.3, 0.4) is 0 Å². The molecule has 0 aliphatic heterocycles. The van der Waals surface area contributed by atoms with Crippen LogP contribution in [0.2, 0.25) is 0 Å². The van der Waals surface area contributed by atoms with Gasteiger partial charge >= 0.3 is 0 Å². The minimum atomic E-state index is -0.541. The third-order valence-corrected chi connectivity index (χ3v) is 2.76. The predicted octanol–water partition coefficient (Wildman–Crippen LogP) is 3.09. The summed E-state index contributed by atoms with van der Waals surface area (Å²) in [6.45, 7) is 6.47. The lowest BCUT2D eigenvalue weighted by molar-refractivity contribution is 0.0701. The first kappa shape index (κ1) is 14.5. The van der Waals surface area contributed by atoms with Crippen molar-refractivity contribution in [3.8, 4) is 5.75 Å². The largest absolute Gasteiger partial charge is 0.497 e. The number of methoxy groups -OCH3 is 1.